The summed E-state index contributed by atoms with van der Waals surface area (Å²) in [6.07, 6.45) is 1.92. The van der Waals surface area contributed by atoms with Crippen molar-refractivity contribution in [1.82, 2.24) is 0 Å². The van der Waals surface area contributed by atoms with Gasteiger partial charge in [0.15, 0.2) is 0 Å². The van der Waals surface area contributed by atoms with Crippen molar-refractivity contribution >= 4 is 58.1 Å². The third-order valence-corrected chi connectivity index (χ3v) is 6.41. The van der Waals surface area contributed by atoms with E-state index in [1.807, 2.05) is 73.7 Å². The summed E-state index contributed by atoms with van der Waals surface area (Å²) in [5.74, 6) is -0.0981. The van der Waals surface area contributed by atoms with E-state index in [2.05, 4.69) is 11.2 Å². The lowest BCUT2D eigenvalue weighted by molar-refractivity contribution is -0.114. The molecule has 0 aliphatic carbocycles. The fourth-order valence-electron chi connectivity index (χ4n) is 2.66. The van der Waals surface area contributed by atoms with Crippen LogP contribution in [0.15, 0.2) is 86.5 Å². The molecule has 0 unspecified atom stereocenters. The number of rotatable bonds is 4. The maximum Gasteiger partial charge on any atom is 0.280 e. The zero-order valence-electron chi connectivity index (χ0n) is 14.4. The molecule has 6 heteroatoms. The lowest BCUT2D eigenvalue weighted by atomic mass is 10.1. The molecule has 1 aliphatic rings. The number of hydrazone groups is 1. The number of hydrogen-bond donors (Lipinski definition) is 0. The molecule has 3 nitrogen and oxygen atoms in total. The minimum atomic E-state index is -0.0981. The molecule has 0 spiro atoms. The van der Waals surface area contributed by atoms with E-state index < -0.39 is 0 Å². The molecule has 1 aliphatic heterocycles. The predicted molar refractivity (Wildman–Crippen MR) is 115 cm³/mol. The van der Waals surface area contributed by atoms with Gasteiger partial charge < -0.3 is 0 Å². The quantitative estimate of drug-likeness (QED) is 0.469. The summed E-state index contributed by atoms with van der Waals surface area (Å²) in [7, 11) is 0. The van der Waals surface area contributed by atoms with Gasteiger partial charge in [-0.3, -0.25) is 4.79 Å². The van der Waals surface area contributed by atoms with Gasteiger partial charge in [-0.05, 0) is 61.5 Å². The molecule has 0 saturated carbocycles. The first-order chi connectivity index (χ1) is 13.1. The number of nitrogens with zero attached hydrogens (tertiary/aromatic N) is 2. The molecule has 0 bridgehead atoms. The van der Waals surface area contributed by atoms with Crippen LogP contribution >= 0.6 is 34.7 Å². The number of halogens is 1. The predicted octanol–water partition coefficient (Wildman–Crippen LogP) is 6.36. The Morgan fingerprint density at radius 3 is 2.52 bits per heavy atom. The summed E-state index contributed by atoms with van der Waals surface area (Å²) in [4.78, 5) is 14.9. The number of amides is 1. The number of thiophene rings is 1. The lowest BCUT2D eigenvalue weighted by Gasteiger charge is -2.10. The SMILES string of the molecule is CC1=NN(c2ccccc2)C(=O)/C1=C\c1ccc(Sc2ccc(Cl)cc2)s1. The normalized spacial score (nSPS) is 15.5. The number of anilines is 1. The fraction of sp³-hybridized carbons (Fsp3) is 0.0476. The van der Waals surface area contributed by atoms with E-state index in [-0.39, 0.29) is 5.91 Å². The van der Waals surface area contributed by atoms with Crippen LogP contribution < -0.4 is 5.01 Å². The fourth-order valence-corrected chi connectivity index (χ4v) is 4.85. The molecule has 1 aromatic heterocycles. The standard InChI is InChI=1S/C21H15ClN2OS2/c1-14-19(21(25)24(23-14)16-5-3-2-4-6-16)13-18-11-12-20(27-18)26-17-9-7-15(22)8-10-17/h2-13H,1H3/b19-13-. The van der Waals surface area contributed by atoms with E-state index in [9.17, 15) is 4.79 Å². The Kier molecular flexibility index (Phi) is 5.16. The van der Waals surface area contributed by atoms with Gasteiger partial charge in [-0.15, -0.1) is 11.3 Å². The molecule has 0 N–H and O–H groups in total. The number of para-hydroxylation sites is 1. The minimum absolute atomic E-state index is 0.0981. The van der Waals surface area contributed by atoms with Crippen LogP contribution in [0.5, 0.6) is 0 Å². The van der Waals surface area contributed by atoms with Crippen molar-refractivity contribution in [2.75, 3.05) is 5.01 Å². The molecule has 2 heterocycles. The van der Waals surface area contributed by atoms with E-state index in [4.69, 9.17) is 11.6 Å². The maximum absolute atomic E-state index is 12.8. The first kappa shape index (κ1) is 18.0. The molecule has 1 amide bonds. The largest absolute Gasteiger partial charge is 0.280 e. The highest BCUT2D eigenvalue weighted by Crippen LogP contribution is 2.35. The van der Waals surface area contributed by atoms with Crippen molar-refractivity contribution in [2.45, 2.75) is 16.0 Å². The van der Waals surface area contributed by atoms with Crippen molar-refractivity contribution in [3.63, 3.8) is 0 Å². The topological polar surface area (TPSA) is 32.7 Å². The van der Waals surface area contributed by atoms with Gasteiger partial charge in [-0.2, -0.15) is 10.1 Å². The summed E-state index contributed by atoms with van der Waals surface area (Å²) < 4.78 is 1.16. The Hall–Kier alpha value is -2.34. The van der Waals surface area contributed by atoms with Gasteiger partial charge in [0.05, 0.1) is 21.2 Å². The van der Waals surface area contributed by atoms with E-state index in [1.165, 1.54) is 5.01 Å². The molecule has 134 valence electrons. The third kappa shape index (κ3) is 4.00. The van der Waals surface area contributed by atoms with Crippen LogP contribution in [0.1, 0.15) is 11.8 Å². The van der Waals surface area contributed by atoms with Crippen molar-refractivity contribution in [1.29, 1.82) is 0 Å². The number of carbonyl (C=O) groups excluding carboxylic acids is 1. The number of carbonyl (C=O) groups is 1. The molecule has 0 saturated heterocycles. The second-order valence-corrected chi connectivity index (χ2v) is 8.83. The van der Waals surface area contributed by atoms with E-state index in [0.717, 1.165) is 30.4 Å². The van der Waals surface area contributed by atoms with Crippen LogP contribution in [0, 0.1) is 0 Å². The van der Waals surface area contributed by atoms with Crippen LogP contribution in [0.25, 0.3) is 6.08 Å². The zero-order valence-corrected chi connectivity index (χ0v) is 16.8. The van der Waals surface area contributed by atoms with Gasteiger partial charge >= 0.3 is 0 Å². The smallest absolute Gasteiger partial charge is 0.267 e. The molecule has 0 atom stereocenters. The van der Waals surface area contributed by atoms with Gasteiger partial charge in [-0.25, -0.2) is 0 Å². The molecule has 27 heavy (non-hydrogen) atoms. The molecule has 0 fully saturated rings. The number of benzene rings is 2. The lowest BCUT2D eigenvalue weighted by Crippen LogP contribution is -2.21. The molecule has 3 aromatic rings. The maximum atomic E-state index is 12.8. The molecule has 4 rings (SSSR count). The number of hydrogen-bond acceptors (Lipinski definition) is 4. The van der Waals surface area contributed by atoms with Crippen LogP contribution in [-0.4, -0.2) is 11.6 Å². The Morgan fingerprint density at radius 1 is 1.04 bits per heavy atom. The van der Waals surface area contributed by atoms with Crippen molar-refractivity contribution < 1.29 is 4.79 Å². The van der Waals surface area contributed by atoms with Crippen LogP contribution in [0.2, 0.25) is 5.02 Å². The average molecular weight is 411 g/mol. The van der Waals surface area contributed by atoms with Gasteiger partial charge in [0.1, 0.15) is 0 Å². The minimum Gasteiger partial charge on any atom is -0.267 e. The summed E-state index contributed by atoms with van der Waals surface area (Å²) in [6.45, 7) is 1.86. The third-order valence-electron chi connectivity index (χ3n) is 3.98. The summed E-state index contributed by atoms with van der Waals surface area (Å²) in [5, 5.41) is 6.61. The van der Waals surface area contributed by atoms with Gasteiger partial charge in [-0.1, -0.05) is 41.6 Å². The highest BCUT2D eigenvalue weighted by Gasteiger charge is 2.28. The Balaban J connectivity index is 1.54. The first-order valence-electron chi connectivity index (χ1n) is 8.30. The molecule has 0 radical (unpaired) electrons. The zero-order chi connectivity index (χ0) is 18.8. The second kappa shape index (κ2) is 7.72. The Labute approximate surface area is 171 Å². The average Bonchev–Trinajstić information content (AvgIpc) is 3.24. The van der Waals surface area contributed by atoms with E-state index in [1.54, 1.807) is 23.1 Å². The van der Waals surface area contributed by atoms with Crippen molar-refractivity contribution in [3.05, 3.63) is 82.2 Å². The van der Waals surface area contributed by atoms with Gasteiger partial charge in [0.25, 0.3) is 5.91 Å². The Morgan fingerprint density at radius 2 is 1.78 bits per heavy atom. The Bertz CT molecular complexity index is 1040. The first-order valence-corrected chi connectivity index (χ1v) is 10.3. The highest BCUT2D eigenvalue weighted by molar-refractivity contribution is 8.01. The summed E-state index contributed by atoms with van der Waals surface area (Å²) in [5.41, 5.74) is 2.13. The van der Waals surface area contributed by atoms with Crippen LogP contribution in [0.3, 0.4) is 0 Å². The van der Waals surface area contributed by atoms with Gasteiger partial charge in [0.2, 0.25) is 0 Å². The van der Waals surface area contributed by atoms with Crippen LogP contribution in [-0.2, 0) is 4.79 Å². The monoisotopic (exact) mass is 410 g/mol. The molecule has 2 aromatic carbocycles. The molecular formula is C21H15ClN2OS2. The summed E-state index contributed by atoms with van der Waals surface area (Å²) >= 11 is 9.26. The highest BCUT2D eigenvalue weighted by atomic mass is 35.5. The second-order valence-electron chi connectivity index (χ2n) is 5.91. The van der Waals surface area contributed by atoms with E-state index in [0.29, 0.717) is 5.57 Å². The summed E-state index contributed by atoms with van der Waals surface area (Å²) in [6, 6.07) is 21.3. The van der Waals surface area contributed by atoms with E-state index >= 15 is 0 Å². The van der Waals surface area contributed by atoms with Crippen molar-refractivity contribution in [3.8, 4) is 0 Å². The van der Waals surface area contributed by atoms with Gasteiger partial charge in [0, 0.05) is 14.8 Å². The molecular weight excluding hydrogens is 396 g/mol. The van der Waals surface area contributed by atoms with Crippen molar-refractivity contribution in [2.24, 2.45) is 5.10 Å². The van der Waals surface area contributed by atoms with Crippen LogP contribution in [0.4, 0.5) is 5.69 Å².